The van der Waals surface area contributed by atoms with Crippen LogP contribution in [0.5, 0.6) is 0 Å². The Morgan fingerprint density at radius 3 is 2.00 bits per heavy atom. The summed E-state index contributed by atoms with van der Waals surface area (Å²) in [5, 5.41) is 10.7. The van der Waals surface area contributed by atoms with Crippen LogP contribution in [0, 0.1) is 33.5 Å². The van der Waals surface area contributed by atoms with Crippen LogP contribution >= 0.6 is 0 Å². The van der Waals surface area contributed by atoms with Crippen LogP contribution in [0.1, 0.15) is 91.9 Å². The molecule has 4 aliphatic rings. The van der Waals surface area contributed by atoms with E-state index < -0.39 is 0 Å². The summed E-state index contributed by atoms with van der Waals surface area (Å²) in [6.07, 6.45) is 13.6. The second kappa shape index (κ2) is 4.52. The fourth-order valence-electron chi connectivity index (χ4n) is 7.98. The van der Waals surface area contributed by atoms with Crippen molar-refractivity contribution in [3.63, 3.8) is 0 Å². The minimum Gasteiger partial charge on any atom is -0.393 e. The number of hydrogen-bond acceptors (Lipinski definition) is 1. The molecule has 0 heterocycles. The van der Waals surface area contributed by atoms with Gasteiger partial charge in [0.15, 0.2) is 0 Å². The van der Waals surface area contributed by atoms with Crippen molar-refractivity contribution in [1.29, 1.82) is 0 Å². The molecule has 0 bridgehead atoms. The van der Waals surface area contributed by atoms with Crippen molar-refractivity contribution in [3.05, 3.63) is 0 Å². The Hall–Kier alpha value is -0.0400. The van der Waals surface area contributed by atoms with Crippen LogP contribution in [-0.2, 0) is 0 Å². The van der Waals surface area contributed by atoms with Crippen molar-refractivity contribution in [2.75, 3.05) is 0 Å². The van der Waals surface area contributed by atoms with E-state index in [2.05, 4.69) is 27.7 Å². The predicted octanol–water partition coefficient (Wildman–Crippen LogP) is 5.56. The lowest BCUT2D eigenvalue weighted by molar-refractivity contribution is -0.189. The SMILES string of the molecule is C[C@]12CCCC[C@@]1(C)[C@@H]1CC[C@]3(C)[C@@H](O)CC[C@@]3(C)[C@H]1CC2. The van der Waals surface area contributed by atoms with Gasteiger partial charge in [-0.05, 0) is 84.9 Å². The molecule has 1 heteroatoms. The third-order valence-corrected chi connectivity index (χ3v) is 10.1. The van der Waals surface area contributed by atoms with E-state index in [1.807, 2.05) is 0 Å². The Labute approximate surface area is 137 Å². The number of aliphatic hydroxyl groups is 1. The molecule has 22 heavy (non-hydrogen) atoms. The van der Waals surface area contributed by atoms with Gasteiger partial charge in [-0.15, -0.1) is 0 Å². The number of rotatable bonds is 0. The first-order valence-electron chi connectivity index (χ1n) is 9.95. The van der Waals surface area contributed by atoms with Gasteiger partial charge in [0, 0.05) is 0 Å². The highest BCUT2D eigenvalue weighted by Gasteiger charge is 2.66. The summed E-state index contributed by atoms with van der Waals surface area (Å²) < 4.78 is 0. The van der Waals surface area contributed by atoms with Crippen molar-refractivity contribution < 1.29 is 5.11 Å². The molecule has 0 aliphatic heterocycles. The lowest BCUT2D eigenvalue weighted by atomic mass is 9.38. The Balaban J connectivity index is 1.74. The van der Waals surface area contributed by atoms with Gasteiger partial charge < -0.3 is 5.11 Å². The van der Waals surface area contributed by atoms with Gasteiger partial charge in [0.25, 0.3) is 0 Å². The van der Waals surface area contributed by atoms with Crippen LogP contribution < -0.4 is 0 Å². The molecule has 4 rings (SSSR count). The summed E-state index contributed by atoms with van der Waals surface area (Å²) in [6.45, 7) is 10.2. The Morgan fingerprint density at radius 1 is 0.636 bits per heavy atom. The maximum absolute atomic E-state index is 10.7. The van der Waals surface area contributed by atoms with E-state index in [9.17, 15) is 5.11 Å². The number of hydrogen-bond donors (Lipinski definition) is 1. The summed E-state index contributed by atoms with van der Waals surface area (Å²) in [4.78, 5) is 0. The third kappa shape index (κ3) is 1.60. The average molecular weight is 305 g/mol. The van der Waals surface area contributed by atoms with Gasteiger partial charge in [0.2, 0.25) is 0 Å². The van der Waals surface area contributed by atoms with Crippen molar-refractivity contribution in [2.45, 2.75) is 98.0 Å². The molecule has 7 atom stereocenters. The minimum atomic E-state index is -0.0501. The summed E-state index contributed by atoms with van der Waals surface area (Å²) in [7, 11) is 0. The van der Waals surface area contributed by atoms with Crippen molar-refractivity contribution in [3.8, 4) is 0 Å². The molecule has 0 aromatic rings. The van der Waals surface area contributed by atoms with Crippen LogP contribution in [0.15, 0.2) is 0 Å². The highest BCUT2D eigenvalue weighted by atomic mass is 16.3. The van der Waals surface area contributed by atoms with Crippen LogP contribution in [0.4, 0.5) is 0 Å². The van der Waals surface area contributed by atoms with Gasteiger partial charge in [-0.1, -0.05) is 40.5 Å². The molecule has 0 spiro atoms. The van der Waals surface area contributed by atoms with Crippen LogP contribution in [-0.4, -0.2) is 11.2 Å². The van der Waals surface area contributed by atoms with E-state index in [0.29, 0.717) is 16.2 Å². The van der Waals surface area contributed by atoms with Gasteiger partial charge in [-0.2, -0.15) is 0 Å². The zero-order valence-electron chi connectivity index (χ0n) is 15.3. The van der Waals surface area contributed by atoms with Gasteiger partial charge in [0.1, 0.15) is 0 Å². The number of fused-ring (bicyclic) bond motifs is 5. The van der Waals surface area contributed by atoms with Gasteiger partial charge in [-0.3, -0.25) is 0 Å². The molecule has 0 radical (unpaired) electrons. The summed E-state index contributed by atoms with van der Waals surface area (Å²) in [5.41, 5.74) is 1.73. The minimum absolute atomic E-state index is 0.0501. The first-order valence-corrected chi connectivity index (χ1v) is 9.95. The van der Waals surface area contributed by atoms with E-state index in [1.165, 1.54) is 57.8 Å². The largest absolute Gasteiger partial charge is 0.393 e. The van der Waals surface area contributed by atoms with E-state index >= 15 is 0 Å². The number of aliphatic hydroxyl groups excluding tert-OH is 1. The topological polar surface area (TPSA) is 20.2 Å². The van der Waals surface area contributed by atoms with E-state index in [0.717, 1.165) is 18.3 Å². The molecule has 0 saturated heterocycles. The molecular formula is C21H36O. The molecule has 4 saturated carbocycles. The highest BCUT2D eigenvalue weighted by Crippen LogP contribution is 2.73. The Kier molecular flexibility index (Phi) is 3.18. The van der Waals surface area contributed by atoms with E-state index in [4.69, 9.17) is 0 Å². The third-order valence-electron chi connectivity index (χ3n) is 10.1. The molecule has 1 nitrogen and oxygen atoms in total. The Bertz CT molecular complexity index is 465. The summed E-state index contributed by atoms with van der Waals surface area (Å²) in [6, 6.07) is 0. The van der Waals surface area contributed by atoms with Crippen LogP contribution in [0.25, 0.3) is 0 Å². The average Bonchev–Trinajstić information content (AvgIpc) is 2.72. The predicted molar refractivity (Wildman–Crippen MR) is 91.6 cm³/mol. The standard InChI is InChI=1S/C21H36O/c1-18-10-5-6-11-19(18,2)15-8-13-21(4)17(22)9-14-20(21,3)16(15)7-12-18/h15-17,22H,5-14H2,1-4H3/t15-,16+,17+,18-,19+,20+,21-/m1/s1. The van der Waals surface area contributed by atoms with Crippen LogP contribution in [0.3, 0.4) is 0 Å². The molecule has 1 N–H and O–H groups in total. The maximum atomic E-state index is 10.7. The summed E-state index contributed by atoms with van der Waals surface area (Å²) >= 11 is 0. The van der Waals surface area contributed by atoms with Gasteiger partial charge in [-0.25, -0.2) is 0 Å². The first kappa shape index (κ1) is 15.5. The smallest absolute Gasteiger partial charge is 0.0599 e. The van der Waals surface area contributed by atoms with Crippen LogP contribution in [0.2, 0.25) is 0 Å². The fraction of sp³-hybridized carbons (Fsp3) is 1.00. The van der Waals surface area contributed by atoms with E-state index in [-0.39, 0.29) is 11.5 Å². The molecule has 0 aromatic heterocycles. The molecule has 126 valence electrons. The van der Waals surface area contributed by atoms with Gasteiger partial charge >= 0.3 is 0 Å². The zero-order chi connectivity index (χ0) is 15.8. The molecule has 0 amide bonds. The quantitative estimate of drug-likeness (QED) is 0.621. The maximum Gasteiger partial charge on any atom is 0.0599 e. The van der Waals surface area contributed by atoms with Crippen molar-refractivity contribution in [1.82, 2.24) is 0 Å². The second-order valence-electron chi connectivity index (χ2n) is 10.4. The molecular weight excluding hydrogens is 268 g/mol. The first-order chi connectivity index (χ1) is 10.3. The Morgan fingerprint density at radius 2 is 1.23 bits per heavy atom. The normalized spacial score (nSPS) is 61.2. The van der Waals surface area contributed by atoms with Crippen molar-refractivity contribution in [2.24, 2.45) is 33.5 Å². The lowest BCUT2D eigenvalue weighted by Gasteiger charge is -2.67. The fourth-order valence-corrected chi connectivity index (χ4v) is 7.98. The summed E-state index contributed by atoms with van der Waals surface area (Å²) in [5.74, 6) is 1.77. The second-order valence-corrected chi connectivity index (χ2v) is 10.4. The van der Waals surface area contributed by atoms with E-state index in [1.54, 1.807) is 0 Å². The zero-order valence-corrected chi connectivity index (χ0v) is 15.3. The highest BCUT2D eigenvalue weighted by molar-refractivity contribution is 5.16. The lowest BCUT2D eigenvalue weighted by Crippen LogP contribution is -2.60. The van der Waals surface area contributed by atoms with Gasteiger partial charge in [0.05, 0.1) is 6.10 Å². The molecule has 0 aromatic carbocycles. The molecule has 4 fully saturated rings. The molecule has 4 aliphatic carbocycles. The van der Waals surface area contributed by atoms with Crippen molar-refractivity contribution >= 4 is 0 Å². The monoisotopic (exact) mass is 304 g/mol. The molecule has 0 unspecified atom stereocenters.